The molecule has 5 rings (SSSR count). The summed E-state index contributed by atoms with van der Waals surface area (Å²) < 4.78 is 5.41. The Morgan fingerprint density at radius 1 is 0.969 bits per heavy atom. The predicted octanol–water partition coefficient (Wildman–Crippen LogP) is 4.73. The van der Waals surface area contributed by atoms with E-state index in [-0.39, 0.29) is 11.8 Å². The van der Waals surface area contributed by atoms with Crippen LogP contribution in [0.4, 0.5) is 5.69 Å². The van der Waals surface area contributed by atoms with Crippen LogP contribution in [0.2, 0.25) is 0 Å². The number of hydrogen-bond donors (Lipinski definition) is 2. The zero-order valence-electron chi connectivity index (χ0n) is 17.8. The van der Waals surface area contributed by atoms with Crippen molar-refractivity contribution in [3.05, 3.63) is 95.7 Å². The maximum Gasteiger partial charge on any atom is 0.254 e. The Kier molecular flexibility index (Phi) is 4.90. The highest BCUT2D eigenvalue weighted by Gasteiger charge is 2.43. The normalized spacial score (nSPS) is 17.8. The zero-order valence-corrected chi connectivity index (χ0v) is 17.8. The molecule has 160 valence electrons. The van der Waals surface area contributed by atoms with E-state index in [1.165, 1.54) is 0 Å². The molecule has 4 aromatic rings. The second kappa shape index (κ2) is 7.89. The topological polar surface area (TPSA) is 74.4 Å². The summed E-state index contributed by atoms with van der Waals surface area (Å²) in [5, 5.41) is 4.03. The summed E-state index contributed by atoms with van der Waals surface area (Å²) >= 11 is 0. The summed E-state index contributed by atoms with van der Waals surface area (Å²) in [4.78, 5) is 32.0. The van der Waals surface area contributed by atoms with E-state index in [0.29, 0.717) is 17.0 Å². The van der Waals surface area contributed by atoms with Crippen LogP contribution in [0.1, 0.15) is 33.4 Å². The van der Waals surface area contributed by atoms with Gasteiger partial charge in [-0.2, -0.15) is 0 Å². The van der Waals surface area contributed by atoms with Crippen molar-refractivity contribution in [2.45, 2.75) is 12.0 Å². The van der Waals surface area contributed by atoms with Crippen molar-refractivity contribution in [1.82, 2.24) is 9.88 Å². The second-order valence-electron chi connectivity index (χ2n) is 7.90. The molecule has 2 N–H and O–H groups in total. The number of H-pyrrole nitrogens is 1. The molecule has 6 nitrogen and oxygen atoms in total. The summed E-state index contributed by atoms with van der Waals surface area (Å²) in [7, 11) is 3.33. The number of benzene rings is 3. The minimum Gasteiger partial charge on any atom is -0.495 e. The molecule has 0 spiro atoms. The lowest BCUT2D eigenvalue weighted by Gasteiger charge is -2.39. The third-order valence-electron chi connectivity index (χ3n) is 6.17. The first-order chi connectivity index (χ1) is 15.6. The zero-order chi connectivity index (χ0) is 22.2. The molecule has 0 fully saturated rings. The lowest BCUT2D eigenvalue weighted by Crippen LogP contribution is -2.44. The Bertz CT molecular complexity index is 1330. The van der Waals surface area contributed by atoms with Gasteiger partial charge in [-0.1, -0.05) is 48.5 Å². The summed E-state index contributed by atoms with van der Waals surface area (Å²) in [6.45, 7) is 0. The van der Waals surface area contributed by atoms with Gasteiger partial charge in [0, 0.05) is 35.3 Å². The van der Waals surface area contributed by atoms with Gasteiger partial charge in [-0.25, -0.2) is 0 Å². The number of anilines is 1. The SMILES string of the molecule is COc1ccccc1NC(=O)[C@@H]1c2ccccc2C(=O)N(C)[C@H]1c1c[nH]c2ccccc12. The first kappa shape index (κ1) is 19.9. The van der Waals surface area contributed by atoms with E-state index in [0.717, 1.165) is 22.0 Å². The van der Waals surface area contributed by atoms with Crippen molar-refractivity contribution in [2.75, 3.05) is 19.5 Å². The number of carbonyl (C=O) groups excluding carboxylic acids is 2. The van der Waals surface area contributed by atoms with Crippen molar-refractivity contribution in [2.24, 2.45) is 0 Å². The molecule has 3 aromatic carbocycles. The molecule has 0 saturated carbocycles. The van der Waals surface area contributed by atoms with Crippen LogP contribution in [0, 0.1) is 0 Å². The van der Waals surface area contributed by atoms with E-state index in [2.05, 4.69) is 10.3 Å². The van der Waals surface area contributed by atoms with Crippen LogP contribution in [0.15, 0.2) is 79.0 Å². The third kappa shape index (κ3) is 3.12. The maximum absolute atomic E-state index is 13.8. The van der Waals surface area contributed by atoms with Crippen LogP contribution >= 0.6 is 0 Å². The number of ether oxygens (including phenoxy) is 1. The average molecular weight is 425 g/mol. The second-order valence-corrected chi connectivity index (χ2v) is 7.90. The van der Waals surface area contributed by atoms with E-state index >= 15 is 0 Å². The molecule has 1 aromatic heterocycles. The molecule has 6 heteroatoms. The molecule has 0 bridgehead atoms. The fraction of sp³-hybridized carbons (Fsp3) is 0.154. The van der Waals surface area contributed by atoms with E-state index in [9.17, 15) is 9.59 Å². The first-order valence-electron chi connectivity index (χ1n) is 10.5. The molecule has 32 heavy (non-hydrogen) atoms. The van der Waals surface area contributed by atoms with Gasteiger partial charge in [0.05, 0.1) is 24.8 Å². The van der Waals surface area contributed by atoms with Crippen molar-refractivity contribution >= 4 is 28.4 Å². The summed E-state index contributed by atoms with van der Waals surface area (Å²) in [6.07, 6.45) is 1.90. The standard InChI is InChI=1S/C26H23N3O3/c1-29-24(19-15-27-20-12-6-5-9-16(19)20)23(17-10-3-4-11-18(17)26(29)31)25(30)28-21-13-7-8-14-22(21)32-2/h3-15,23-24,27H,1-2H3,(H,28,30)/t23-,24+/m1/s1. The van der Waals surface area contributed by atoms with Crippen LogP contribution in [-0.4, -0.2) is 35.9 Å². The molecule has 0 aliphatic carbocycles. The molecule has 0 saturated heterocycles. The molecule has 1 aliphatic heterocycles. The number of rotatable bonds is 4. The Balaban J connectivity index is 1.66. The minimum atomic E-state index is -0.599. The number of nitrogens with one attached hydrogen (secondary N) is 2. The maximum atomic E-state index is 13.8. The van der Waals surface area contributed by atoms with Crippen molar-refractivity contribution in [1.29, 1.82) is 0 Å². The fourth-order valence-corrected chi connectivity index (χ4v) is 4.64. The highest BCUT2D eigenvalue weighted by atomic mass is 16.5. The Labute approximate surface area is 185 Å². The highest BCUT2D eigenvalue weighted by molar-refractivity contribution is 6.05. The lowest BCUT2D eigenvalue weighted by atomic mass is 9.79. The van der Waals surface area contributed by atoms with Gasteiger partial charge in [-0.05, 0) is 29.8 Å². The van der Waals surface area contributed by atoms with Crippen molar-refractivity contribution < 1.29 is 14.3 Å². The number of fused-ring (bicyclic) bond motifs is 2. The van der Waals surface area contributed by atoms with Crippen LogP contribution in [-0.2, 0) is 4.79 Å². The molecule has 1 aliphatic rings. The predicted molar refractivity (Wildman–Crippen MR) is 124 cm³/mol. The molecule has 2 atom stereocenters. The molecule has 2 amide bonds. The quantitative estimate of drug-likeness (QED) is 0.497. The fourth-order valence-electron chi connectivity index (χ4n) is 4.64. The Morgan fingerprint density at radius 3 is 2.53 bits per heavy atom. The average Bonchev–Trinajstić information content (AvgIpc) is 3.25. The molecule has 0 unspecified atom stereocenters. The van der Waals surface area contributed by atoms with Gasteiger partial charge >= 0.3 is 0 Å². The number of methoxy groups -OCH3 is 1. The smallest absolute Gasteiger partial charge is 0.254 e. The molecular formula is C26H23N3O3. The van der Waals surface area contributed by atoms with Crippen molar-refractivity contribution in [3.8, 4) is 5.75 Å². The van der Waals surface area contributed by atoms with Crippen LogP contribution in [0.5, 0.6) is 5.75 Å². The number of likely N-dealkylation sites (N-methyl/N-ethyl adjacent to an activating group) is 1. The van der Waals surface area contributed by atoms with Gasteiger partial charge in [0.1, 0.15) is 5.75 Å². The first-order valence-corrected chi connectivity index (χ1v) is 10.5. The van der Waals surface area contributed by atoms with Crippen LogP contribution in [0.25, 0.3) is 10.9 Å². The number of para-hydroxylation sites is 3. The molecule has 2 heterocycles. The number of amides is 2. The van der Waals surface area contributed by atoms with Gasteiger partial charge < -0.3 is 19.9 Å². The Morgan fingerprint density at radius 2 is 1.69 bits per heavy atom. The number of hydrogen-bond acceptors (Lipinski definition) is 3. The summed E-state index contributed by atoms with van der Waals surface area (Å²) in [6, 6.07) is 22.1. The summed E-state index contributed by atoms with van der Waals surface area (Å²) in [5.41, 5.74) is 3.73. The lowest BCUT2D eigenvalue weighted by molar-refractivity contribution is -0.119. The molecule has 0 radical (unpaired) electrons. The van der Waals surface area contributed by atoms with Gasteiger partial charge in [-0.15, -0.1) is 0 Å². The number of nitrogens with zero attached hydrogens (tertiary/aromatic N) is 1. The highest BCUT2D eigenvalue weighted by Crippen LogP contribution is 2.44. The van der Waals surface area contributed by atoms with Gasteiger partial charge in [-0.3, -0.25) is 9.59 Å². The summed E-state index contributed by atoms with van der Waals surface area (Å²) in [5.74, 6) is -0.315. The third-order valence-corrected chi connectivity index (χ3v) is 6.17. The largest absolute Gasteiger partial charge is 0.495 e. The van der Waals surface area contributed by atoms with Crippen LogP contribution < -0.4 is 10.1 Å². The minimum absolute atomic E-state index is 0.0998. The van der Waals surface area contributed by atoms with E-state index in [1.807, 2.05) is 60.8 Å². The number of carbonyl (C=O) groups is 2. The van der Waals surface area contributed by atoms with E-state index in [4.69, 9.17) is 4.74 Å². The van der Waals surface area contributed by atoms with Gasteiger partial charge in [0.15, 0.2) is 0 Å². The van der Waals surface area contributed by atoms with Gasteiger partial charge in [0.25, 0.3) is 5.91 Å². The van der Waals surface area contributed by atoms with E-state index < -0.39 is 12.0 Å². The van der Waals surface area contributed by atoms with E-state index in [1.54, 1.807) is 37.3 Å². The van der Waals surface area contributed by atoms with Crippen molar-refractivity contribution in [3.63, 3.8) is 0 Å². The monoisotopic (exact) mass is 425 g/mol. The number of aromatic nitrogens is 1. The Hall–Kier alpha value is -4.06. The number of aromatic amines is 1. The van der Waals surface area contributed by atoms with Crippen LogP contribution in [0.3, 0.4) is 0 Å². The molecular weight excluding hydrogens is 402 g/mol. The van der Waals surface area contributed by atoms with Gasteiger partial charge in [0.2, 0.25) is 5.91 Å².